The molecule has 2 rings (SSSR count). The van der Waals surface area contributed by atoms with Crippen LogP contribution in [0.25, 0.3) is 0 Å². The zero-order valence-corrected chi connectivity index (χ0v) is 10.2. The second-order valence-electron chi connectivity index (χ2n) is 5.07. The van der Waals surface area contributed by atoms with E-state index in [1.807, 2.05) is 0 Å². The zero-order chi connectivity index (χ0) is 11.4. The predicted octanol–water partition coefficient (Wildman–Crippen LogP) is 3.17. The van der Waals surface area contributed by atoms with Gasteiger partial charge in [0.05, 0.1) is 6.20 Å². The van der Waals surface area contributed by atoms with E-state index in [-0.39, 0.29) is 0 Å². The Labute approximate surface area is 97.7 Å². The molecule has 0 spiro atoms. The molecule has 1 aromatic heterocycles. The highest BCUT2D eigenvalue weighted by atomic mass is 15.2. The van der Waals surface area contributed by atoms with Crippen LogP contribution in [0.3, 0.4) is 0 Å². The van der Waals surface area contributed by atoms with Crippen LogP contribution in [-0.2, 0) is 0 Å². The monoisotopic (exact) mass is 219 g/mol. The number of rotatable bonds is 2. The van der Waals surface area contributed by atoms with Crippen molar-refractivity contribution >= 4 is 5.82 Å². The molecule has 0 amide bonds. The predicted molar refractivity (Wildman–Crippen MR) is 66.4 cm³/mol. The molecule has 0 radical (unpaired) electrons. The Kier molecular flexibility index (Phi) is 3.75. The summed E-state index contributed by atoms with van der Waals surface area (Å²) in [6.45, 7) is 4.41. The van der Waals surface area contributed by atoms with Crippen LogP contribution in [0.2, 0.25) is 0 Å². The third kappa shape index (κ3) is 3.19. The van der Waals surface area contributed by atoms with Gasteiger partial charge in [-0.3, -0.25) is 0 Å². The maximum atomic E-state index is 4.12. The van der Waals surface area contributed by atoms with Gasteiger partial charge >= 0.3 is 0 Å². The molecule has 1 heterocycles. The third-order valence-electron chi connectivity index (χ3n) is 3.40. The van der Waals surface area contributed by atoms with Gasteiger partial charge in [-0.1, -0.05) is 19.8 Å². The summed E-state index contributed by atoms with van der Waals surface area (Å²) >= 11 is 0. The highest BCUT2D eigenvalue weighted by molar-refractivity contribution is 5.36. The van der Waals surface area contributed by atoms with E-state index in [4.69, 9.17) is 0 Å². The Hall–Kier alpha value is -1.12. The van der Waals surface area contributed by atoms with Crippen LogP contribution in [0.4, 0.5) is 5.82 Å². The largest absolute Gasteiger partial charge is 0.366 e. The zero-order valence-electron chi connectivity index (χ0n) is 10.2. The molecule has 0 saturated heterocycles. The molecule has 1 aliphatic rings. The second kappa shape index (κ2) is 5.28. The van der Waals surface area contributed by atoms with Crippen molar-refractivity contribution in [1.82, 2.24) is 10.2 Å². The molecule has 1 fully saturated rings. The topological polar surface area (TPSA) is 37.8 Å². The van der Waals surface area contributed by atoms with E-state index in [9.17, 15) is 0 Å². The lowest BCUT2D eigenvalue weighted by atomic mass is 10.0. The summed E-state index contributed by atoms with van der Waals surface area (Å²) in [5.41, 5.74) is 1.17. The van der Waals surface area contributed by atoms with Crippen molar-refractivity contribution in [1.29, 1.82) is 0 Å². The molecular formula is C13H21N3. The number of hydrogen-bond acceptors (Lipinski definition) is 3. The molecule has 88 valence electrons. The highest BCUT2D eigenvalue weighted by Gasteiger charge is 2.16. The molecule has 0 aliphatic heterocycles. The summed E-state index contributed by atoms with van der Waals surface area (Å²) in [6.07, 6.45) is 8.35. The van der Waals surface area contributed by atoms with Gasteiger partial charge in [-0.2, -0.15) is 5.10 Å². The summed E-state index contributed by atoms with van der Waals surface area (Å²) in [7, 11) is 0. The van der Waals surface area contributed by atoms with Crippen LogP contribution in [0.15, 0.2) is 12.3 Å². The maximum absolute atomic E-state index is 4.12. The normalized spacial score (nSPS) is 26.1. The summed E-state index contributed by atoms with van der Waals surface area (Å²) in [4.78, 5) is 0. The lowest BCUT2D eigenvalue weighted by Gasteiger charge is -2.16. The molecule has 0 bridgehead atoms. The first kappa shape index (κ1) is 11.4. The molecule has 3 nitrogen and oxygen atoms in total. The smallest absolute Gasteiger partial charge is 0.149 e. The Morgan fingerprint density at radius 2 is 2.12 bits per heavy atom. The van der Waals surface area contributed by atoms with Crippen molar-refractivity contribution in [2.45, 2.75) is 52.0 Å². The van der Waals surface area contributed by atoms with Crippen LogP contribution in [0.1, 0.15) is 44.6 Å². The second-order valence-corrected chi connectivity index (χ2v) is 5.07. The van der Waals surface area contributed by atoms with Crippen LogP contribution in [-0.4, -0.2) is 16.2 Å². The van der Waals surface area contributed by atoms with Gasteiger partial charge in [-0.25, -0.2) is 0 Å². The highest BCUT2D eigenvalue weighted by Crippen LogP contribution is 2.24. The van der Waals surface area contributed by atoms with E-state index in [0.29, 0.717) is 6.04 Å². The fourth-order valence-corrected chi connectivity index (χ4v) is 2.38. The molecule has 2 unspecified atom stereocenters. The minimum absolute atomic E-state index is 0.584. The number of aromatic nitrogens is 2. The maximum Gasteiger partial charge on any atom is 0.149 e. The number of nitrogens with zero attached hydrogens (tertiary/aromatic N) is 2. The Morgan fingerprint density at radius 3 is 2.94 bits per heavy atom. The Bertz CT molecular complexity index is 338. The van der Waals surface area contributed by atoms with Gasteiger partial charge in [-0.05, 0) is 43.7 Å². The number of aryl methyl sites for hydroxylation is 1. The van der Waals surface area contributed by atoms with E-state index in [0.717, 1.165) is 11.7 Å². The van der Waals surface area contributed by atoms with Crippen molar-refractivity contribution < 1.29 is 0 Å². The third-order valence-corrected chi connectivity index (χ3v) is 3.40. The molecule has 1 aromatic rings. The lowest BCUT2D eigenvalue weighted by molar-refractivity contribution is 0.501. The van der Waals surface area contributed by atoms with Crippen LogP contribution < -0.4 is 5.32 Å². The van der Waals surface area contributed by atoms with Gasteiger partial charge in [0.2, 0.25) is 0 Å². The molecule has 16 heavy (non-hydrogen) atoms. The van der Waals surface area contributed by atoms with Gasteiger partial charge in [0.1, 0.15) is 5.82 Å². The molecule has 0 aromatic carbocycles. The van der Waals surface area contributed by atoms with Gasteiger partial charge in [0.25, 0.3) is 0 Å². The molecule has 2 atom stereocenters. The summed E-state index contributed by atoms with van der Waals surface area (Å²) < 4.78 is 0. The Morgan fingerprint density at radius 1 is 1.25 bits per heavy atom. The molecule has 1 N–H and O–H groups in total. The first-order valence-electron chi connectivity index (χ1n) is 6.30. The number of hydrogen-bond donors (Lipinski definition) is 1. The standard InChI is InChI=1S/C13H21N3/c1-10-4-3-5-12(7-6-10)15-13-8-11(2)9-14-16-13/h8-10,12H,3-7H2,1-2H3,(H,15,16). The average molecular weight is 219 g/mol. The summed E-state index contributed by atoms with van der Waals surface area (Å²) in [6, 6.07) is 2.66. The quantitative estimate of drug-likeness (QED) is 0.776. The van der Waals surface area contributed by atoms with E-state index >= 15 is 0 Å². The van der Waals surface area contributed by atoms with Crippen molar-refractivity contribution in [3.8, 4) is 0 Å². The summed E-state index contributed by atoms with van der Waals surface area (Å²) in [5, 5.41) is 11.6. The first-order valence-corrected chi connectivity index (χ1v) is 6.30. The summed E-state index contributed by atoms with van der Waals surface area (Å²) in [5.74, 6) is 1.81. The molecule has 3 heteroatoms. The minimum Gasteiger partial charge on any atom is -0.366 e. The van der Waals surface area contributed by atoms with Gasteiger partial charge in [0.15, 0.2) is 0 Å². The van der Waals surface area contributed by atoms with E-state index in [1.165, 1.54) is 37.7 Å². The van der Waals surface area contributed by atoms with Crippen LogP contribution >= 0.6 is 0 Å². The van der Waals surface area contributed by atoms with E-state index in [1.54, 1.807) is 6.20 Å². The molecular weight excluding hydrogens is 198 g/mol. The fraction of sp³-hybridized carbons (Fsp3) is 0.692. The molecule has 1 saturated carbocycles. The fourth-order valence-electron chi connectivity index (χ4n) is 2.38. The molecule has 1 aliphatic carbocycles. The lowest BCUT2D eigenvalue weighted by Crippen LogP contribution is -2.19. The van der Waals surface area contributed by atoms with Gasteiger partial charge in [-0.15, -0.1) is 5.10 Å². The first-order chi connectivity index (χ1) is 7.74. The van der Waals surface area contributed by atoms with Crippen molar-refractivity contribution in [2.24, 2.45) is 5.92 Å². The SMILES string of the molecule is Cc1cnnc(NC2CCCC(C)CC2)c1. The van der Waals surface area contributed by atoms with Crippen molar-refractivity contribution in [2.75, 3.05) is 5.32 Å². The van der Waals surface area contributed by atoms with Crippen LogP contribution in [0.5, 0.6) is 0 Å². The van der Waals surface area contributed by atoms with Crippen molar-refractivity contribution in [3.63, 3.8) is 0 Å². The number of anilines is 1. The van der Waals surface area contributed by atoms with Gasteiger partial charge in [0, 0.05) is 6.04 Å². The minimum atomic E-state index is 0.584. The van der Waals surface area contributed by atoms with Gasteiger partial charge < -0.3 is 5.32 Å². The Balaban J connectivity index is 1.93. The average Bonchev–Trinajstić information content (AvgIpc) is 2.44. The number of nitrogens with one attached hydrogen (secondary N) is 1. The van der Waals surface area contributed by atoms with E-state index < -0.39 is 0 Å². The van der Waals surface area contributed by atoms with Crippen LogP contribution in [0, 0.1) is 12.8 Å². The van der Waals surface area contributed by atoms with Crippen molar-refractivity contribution in [3.05, 3.63) is 17.8 Å². The van der Waals surface area contributed by atoms with E-state index in [2.05, 4.69) is 35.4 Å².